The number of benzene rings is 1. The first-order valence-corrected chi connectivity index (χ1v) is 7.94. The summed E-state index contributed by atoms with van der Waals surface area (Å²) in [6.07, 6.45) is -0.468. The van der Waals surface area contributed by atoms with Gasteiger partial charge in [0.05, 0.1) is 5.30 Å². The SMILES string of the molecule is Nc1cc(P(=O)(O)O)ccc1CC(O)P(=O)([O-])O.[Na+]. The summed E-state index contributed by atoms with van der Waals surface area (Å²) in [5.41, 5.74) is 5.56. The summed E-state index contributed by atoms with van der Waals surface area (Å²) in [7, 11) is -9.33. The molecule has 19 heavy (non-hydrogen) atoms. The van der Waals surface area contributed by atoms with E-state index in [0.717, 1.165) is 12.1 Å². The van der Waals surface area contributed by atoms with E-state index in [0.29, 0.717) is 0 Å². The van der Waals surface area contributed by atoms with E-state index in [4.69, 9.17) is 25.5 Å². The Bertz CT molecular complexity index is 540. The number of nitrogen functional groups attached to an aromatic ring is 1. The van der Waals surface area contributed by atoms with Crippen LogP contribution in [0.5, 0.6) is 0 Å². The summed E-state index contributed by atoms with van der Waals surface area (Å²) >= 11 is 0. The molecule has 6 N–H and O–H groups in total. The Morgan fingerprint density at radius 2 is 1.79 bits per heavy atom. The molecule has 2 atom stereocenters. The van der Waals surface area contributed by atoms with Crippen molar-refractivity contribution in [3.8, 4) is 0 Å². The summed E-state index contributed by atoms with van der Waals surface area (Å²) in [4.78, 5) is 37.0. The molecule has 1 aromatic carbocycles. The topological polar surface area (TPSA) is 164 Å². The van der Waals surface area contributed by atoms with Crippen LogP contribution in [0.15, 0.2) is 18.2 Å². The van der Waals surface area contributed by atoms with Gasteiger partial charge in [-0.1, -0.05) is 6.07 Å². The molecule has 0 aromatic heterocycles. The monoisotopic (exact) mass is 319 g/mol. The van der Waals surface area contributed by atoms with E-state index in [1.165, 1.54) is 6.07 Å². The molecule has 0 aliphatic carbocycles. The second-order valence-electron chi connectivity index (χ2n) is 3.68. The van der Waals surface area contributed by atoms with Gasteiger partial charge in [0.2, 0.25) is 0 Å². The molecule has 0 spiro atoms. The van der Waals surface area contributed by atoms with Crippen molar-refractivity contribution in [2.75, 3.05) is 5.73 Å². The van der Waals surface area contributed by atoms with Gasteiger partial charge < -0.3 is 35.0 Å². The molecule has 1 aromatic rings. The van der Waals surface area contributed by atoms with E-state index in [9.17, 15) is 14.0 Å². The van der Waals surface area contributed by atoms with E-state index in [1.807, 2.05) is 0 Å². The van der Waals surface area contributed by atoms with Gasteiger partial charge in [-0.25, -0.2) is 0 Å². The minimum atomic E-state index is -4.89. The first-order chi connectivity index (χ1) is 8.01. The fourth-order valence-corrected chi connectivity index (χ4v) is 2.26. The van der Waals surface area contributed by atoms with Gasteiger partial charge in [0, 0.05) is 12.1 Å². The third-order valence-corrected chi connectivity index (χ3v) is 4.13. The summed E-state index contributed by atoms with van der Waals surface area (Å²) in [5, 5.41) is 8.85. The smallest absolute Gasteiger partial charge is 0.777 e. The second kappa shape index (κ2) is 6.83. The zero-order valence-electron chi connectivity index (χ0n) is 10.0. The van der Waals surface area contributed by atoms with Crippen LogP contribution >= 0.6 is 15.2 Å². The summed E-state index contributed by atoms with van der Waals surface area (Å²) in [5.74, 6) is -2.01. The van der Waals surface area contributed by atoms with Gasteiger partial charge in [-0.3, -0.25) is 4.57 Å². The van der Waals surface area contributed by atoms with Gasteiger partial charge >= 0.3 is 37.2 Å². The predicted molar refractivity (Wildman–Crippen MR) is 62.1 cm³/mol. The van der Waals surface area contributed by atoms with Crippen molar-refractivity contribution < 1.29 is 63.4 Å². The average molecular weight is 319 g/mol. The van der Waals surface area contributed by atoms with Crippen LogP contribution in [0, 0.1) is 0 Å². The van der Waals surface area contributed by atoms with Crippen molar-refractivity contribution in [3.05, 3.63) is 23.8 Å². The first-order valence-electron chi connectivity index (χ1n) is 4.68. The molecule has 0 heterocycles. The third kappa shape index (κ3) is 5.65. The molecule has 0 aliphatic heterocycles. The Kier molecular flexibility index (Phi) is 6.93. The molecule has 1 rings (SSSR count). The number of anilines is 1. The predicted octanol–water partition coefficient (Wildman–Crippen LogP) is -4.52. The van der Waals surface area contributed by atoms with E-state index in [2.05, 4.69) is 0 Å². The van der Waals surface area contributed by atoms with Gasteiger partial charge in [0.15, 0.2) is 7.60 Å². The van der Waals surface area contributed by atoms with Gasteiger partial charge in [0.25, 0.3) is 0 Å². The normalized spacial score (nSPS) is 16.3. The molecular formula is C8H12NNaO7P2. The van der Waals surface area contributed by atoms with Crippen molar-refractivity contribution in [2.45, 2.75) is 12.3 Å². The molecule has 8 nitrogen and oxygen atoms in total. The summed E-state index contributed by atoms with van der Waals surface area (Å²) in [6.45, 7) is 0. The van der Waals surface area contributed by atoms with Crippen molar-refractivity contribution >= 4 is 26.2 Å². The van der Waals surface area contributed by atoms with E-state index in [-0.39, 0.29) is 46.1 Å². The van der Waals surface area contributed by atoms with Crippen LogP contribution in [0.2, 0.25) is 0 Å². The van der Waals surface area contributed by atoms with Crippen LogP contribution in [0.25, 0.3) is 0 Å². The molecule has 0 aliphatic rings. The average Bonchev–Trinajstić information content (AvgIpc) is 2.17. The quantitative estimate of drug-likeness (QED) is 0.210. The zero-order chi connectivity index (χ0) is 14.1. The Morgan fingerprint density at radius 1 is 1.26 bits per heavy atom. The van der Waals surface area contributed by atoms with Crippen LogP contribution in [0.3, 0.4) is 0 Å². The molecule has 2 unspecified atom stereocenters. The molecule has 0 bridgehead atoms. The number of aliphatic hydroxyl groups is 1. The molecule has 0 radical (unpaired) electrons. The van der Waals surface area contributed by atoms with E-state index in [1.54, 1.807) is 0 Å². The first kappa shape index (κ1) is 19.3. The van der Waals surface area contributed by atoms with Crippen molar-refractivity contribution in [3.63, 3.8) is 0 Å². The second-order valence-corrected chi connectivity index (χ2v) is 7.00. The van der Waals surface area contributed by atoms with Crippen LogP contribution < -0.4 is 45.5 Å². The van der Waals surface area contributed by atoms with Crippen molar-refractivity contribution in [2.24, 2.45) is 0 Å². The van der Waals surface area contributed by atoms with Gasteiger partial charge in [-0.15, -0.1) is 0 Å². The van der Waals surface area contributed by atoms with Crippen LogP contribution in [0.4, 0.5) is 5.69 Å². The fourth-order valence-electron chi connectivity index (χ4n) is 1.26. The number of rotatable bonds is 4. The van der Waals surface area contributed by atoms with Gasteiger partial charge in [-0.2, -0.15) is 0 Å². The minimum Gasteiger partial charge on any atom is -0.777 e. The molecule has 0 saturated carbocycles. The summed E-state index contributed by atoms with van der Waals surface area (Å²) < 4.78 is 21.6. The number of aliphatic hydroxyl groups excluding tert-OH is 1. The maximum atomic E-state index is 10.9. The third-order valence-electron chi connectivity index (χ3n) is 2.24. The van der Waals surface area contributed by atoms with Crippen molar-refractivity contribution in [1.29, 1.82) is 0 Å². The Labute approximate surface area is 131 Å². The Balaban J connectivity index is 0.00000324. The number of nitrogens with two attached hydrogens (primary N) is 1. The molecule has 0 saturated heterocycles. The minimum absolute atomic E-state index is 0. The number of hydrogen-bond donors (Lipinski definition) is 5. The molecular weight excluding hydrogens is 307 g/mol. The molecule has 102 valence electrons. The van der Waals surface area contributed by atoms with Crippen LogP contribution in [-0.2, 0) is 15.6 Å². The molecule has 0 amide bonds. The Hall–Kier alpha value is 0.280. The van der Waals surface area contributed by atoms with Gasteiger partial charge in [-0.05, 0) is 17.7 Å². The Morgan fingerprint density at radius 3 is 2.16 bits per heavy atom. The maximum absolute atomic E-state index is 10.9. The van der Waals surface area contributed by atoms with E-state index >= 15 is 0 Å². The van der Waals surface area contributed by atoms with Crippen molar-refractivity contribution in [1.82, 2.24) is 0 Å². The summed E-state index contributed by atoms with van der Waals surface area (Å²) in [6, 6.07) is 3.25. The largest absolute Gasteiger partial charge is 1.00 e. The molecule has 0 fully saturated rings. The molecule has 11 heteroatoms. The van der Waals surface area contributed by atoms with Crippen LogP contribution in [0.1, 0.15) is 5.56 Å². The maximum Gasteiger partial charge on any atom is 1.00 e. The van der Waals surface area contributed by atoms with Crippen LogP contribution in [-0.4, -0.2) is 25.6 Å². The number of hydrogen-bond acceptors (Lipinski definition) is 5. The standard InChI is InChI=1S/C8H13NO7P2.Na/c9-7-4-6(17(11,12)13)2-1-5(7)3-8(10)18(14,15)16;/h1-2,4,8,10H,3,9H2,(H2,11,12,13)(H2,14,15,16);/q;+1/p-1. The van der Waals surface area contributed by atoms with Gasteiger partial charge in [0.1, 0.15) is 5.85 Å². The van der Waals surface area contributed by atoms with E-state index < -0.39 is 27.5 Å². The fraction of sp³-hybridized carbons (Fsp3) is 0.250. The zero-order valence-corrected chi connectivity index (χ0v) is 13.8.